The minimum Gasteiger partial charge on any atom is -0.254 e. The molecule has 0 aliphatic carbocycles. The van der Waals surface area contributed by atoms with Crippen LogP contribution in [0.15, 0.2) is 34.8 Å². The van der Waals surface area contributed by atoms with E-state index < -0.39 is 0 Å². The zero-order chi connectivity index (χ0) is 8.23. The number of nitrogens with zero attached hydrogens (tertiary/aromatic N) is 4. The Morgan fingerprint density at radius 3 is 3.08 bits per heavy atom. The Labute approximate surface area is 72.6 Å². The maximum absolute atomic E-state index is 3.94. The van der Waals surface area contributed by atoms with Crippen molar-refractivity contribution in [1.29, 1.82) is 0 Å². The van der Waals surface area contributed by atoms with Crippen molar-refractivity contribution in [2.75, 3.05) is 0 Å². The number of aromatic amines is 1. The third-order valence-corrected chi connectivity index (χ3v) is 1.96. The van der Waals surface area contributed by atoms with Gasteiger partial charge in [-0.05, 0) is 23.9 Å². The highest BCUT2D eigenvalue weighted by atomic mass is 32.2. The van der Waals surface area contributed by atoms with Crippen LogP contribution in [0.3, 0.4) is 0 Å². The van der Waals surface area contributed by atoms with E-state index in [2.05, 4.69) is 25.4 Å². The first kappa shape index (κ1) is 7.23. The maximum Gasteiger partial charge on any atom is 0.189 e. The lowest BCUT2D eigenvalue weighted by Gasteiger charge is -1.91. The summed E-state index contributed by atoms with van der Waals surface area (Å²) in [5.74, 6) is 0. The fourth-order valence-corrected chi connectivity index (χ4v) is 1.32. The fourth-order valence-electron chi connectivity index (χ4n) is 0.684. The summed E-state index contributed by atoms with van der Waals surface area (Å²) in [6, 6.07) is 3.69. The van der Waals surface area contributed by atoms with Gasteiger partial charge in [0.05, 0.1) is 0 Å². The lowest BCUT2D eigenvalue weighted by atomic mass is 10.6. The van der Waals surface area contributed by atoms with Crippen LogP contribution in [0.4, 0.5) is 0 Å². The van der Waals surface area contributed by atoms with Crippen molar-refractivity contribution in [1.82, 2.24) is 25.4 Å². The topological polar surface area (TPSA) is 67.3 Å². The molecule has 60 valence electrons. The average Bonchev–Trinajstić information content (AvgIpc) is 2.59. The number of hydrogen-bond acceptors (Lipinski definition) is 5. The molecular weight excluding hydrogens is 174 g/mol. The fraction of sp³-hybridized carbons (Fsp3) is 0. The van der Waals surface area contributed by atoms with Crippen molar-refractivity contribution in [3.05, 3.63) is 24.7 Å². The van der Waals surface area contributed by atoms with Crippen molar-refractivity contribution in [2.24, 2.45) is 0 Å². The lowest BCUT2D eigenvalue weighted by molar-refractivity contribution is 0.915. The van der Waals surface area contributed by atoms with Gasteiger partial charge in [0.1, 0.15) is 11.4 Å². The van der Waals surface area contributed by atoms with Crippen LogP contribution in [-0.2, 0) is 0 Å². The summed E-state index contributed by atoms with van der Waals surface area (Å²) in [4.78, 5) is 3.94. The Morgan fingerprint density at radius 1 is 1.42 bits per heavy atom. The monoisotopic (exact) mass is 179 g/mol. The van der Waals surface area contributed by atoms with E-state index >= 15 is 0 Å². The molecule has 2 aromatic rings. The Morgan fingerprint density at radius 2 is 2.42 bits per heavy atom. The molecule has 2 aromatic heterocycles. The highest BCUT2D eigenvalue weighted by Crippen LogP contribution is 2.19. The van der Waals surface area contributed by atoms with E-state index in [1.165, 1.54) is 18.1 Å². The Bertz CT molecular complexity index is 332. The molecule has 0 fully saturated rings. The number of nitrogens with one attached hydrogen (secondary N) is 1. The van der Waals surface area contributed by atoms with Gasteiger partial charge in [-0.3, -0.25) is 5.10 Å². The van der Waals surface area contributed by atoms with Crippen molar-refractivity contribution in [3.8, 4) is 0 Å². The maximum atomic E-state index is 3.94. The van der Waals surface area contributed by atoms with E-state index in [4.69, 9.17) is 0 Å². The molecule has 6 heteroatoms. The standard InChI is InChI=1S/C6H5N5S/c1-2-5(10-8-3-1)12-6-7-4-9-11-6/h1-4H,(H,7,9,11). The van der Waals surface area contributed by atoms with Crippen LogP contribution in [0, 0.1) is 0 Å². The first-order valence-electron chi connectivity index (χ1n) is 3.26. The smallest absolute Gasteiger partial charge is 0.189 e. The molecular formula is C6H5N5S. The van der Waals surface area contributed by atoms with E-state index in [1.807, 2.05) is 12.1 Å². The molecule has 2 heterocycles. The lowest BCUT2D eigenvalue weighted by Crippen LogP contribution is -1.83. The van der Waals surface area contributed by atoms with Gasteiger partial charge in [0.25, 0.3) is 0 Å². The number of H-pyrrole nitrogens is 1. The minimum absolute atomic E-state index is 0.718. The van der Waals surface area contributed by atoms with Crippen LogP contribution in [-0.4, -0.2) is 25.4 Å². The predicted molar refractivity (Wildman–Crippen MR) is 42.5 cm³/mol. The second-order valence-electron chi connectivity index (χ2n) is 1.95. The zero-order valence-corrected chi connectivity index (χ0v) is 6.82. The number of hydrogen-bond donors (Lipinski definition) is 1. The molecule has 0 unspecified atom stereocenters. The van der Waals surface area contributed by atoms with Crippen molar-refractivity contribution in [2.45, 2.75) is 10.2 Å². The number of aromatic nitrogens is 5. The van der Waals surface area contributed by atoms with Gasteiger partial charge in [-0.25, -0.2) is 4.98 Å². The third kappa shape index (κ3) is 1.59. The normalized spacial score (nSPS) is 10.0. The second-order valence-corrected chi connectivity index (χ2v) is 2.96. The summed E-state index contributed by atoms with van der Waals surface area (Å²) in [5, 5.41) is 15.6. The molecule has 0 radical (unpaired) electrons. The van der Waals surface area contributed by atoms with Crippen LogP contribution in [0.2, 0.25) is 0 Å². The van der Waals surface area contributed by atoms with E-state index in [-0.39, 0.29) is 0 Å². The summed E-state index contributed by atoms with van der Waals surface area (Å²) in [7, 11) is 0. The predicted octanol–water partition coefficient (Wildman–Crippen LogP) is 0.746. The van der Waals surface area contributed by atoms with Crippen molar-refractivity contribution < 1.29 is 0 Å². The van der Waals surface area contributed by atoms with E-state index in [9.17, 15) is 0 Å². The second kappa shape index (κ2) is 3.31. The van der Waals surface area contributed by atoms with Crippen LogP contribution in [0.25, 0.3) is 0 Å². The largest absolute Gasteiger partial charge is 0.254 e. The van der Waals surface area contributed by atoms with Gasteiger partial charge in [-0.15, -0.1) is 5.10 Å². The zero-order valence-electron chi connectivity index (χ0n) is 6.01. The van der Waals surface area contributed by atoms with Crippen molar-refractivity contribution >= 4 is 11.8 Å². The van der Waals surface area contributed by atoms with Crippen LogP contribution >= 0.6 is 11.8 Å². The SMILES string of the molecule is c1cnnc(Sc2ncn[nH]2)c1. The average molecular weight is 179 g/mol. The summed E-state index contributed by atoms with van der Waals surface area (Å²) in [6.45, 7) is 0. The van der Waals surface area contributed by atoms with Crippen LogP contribution < -0.4 is 0 Å². The Kier molecular flexibility index (Phi) is 2.00. The van der Waals surface area contributed by atoms with Gasteiger partial charge in [-0.1, -0.05) is 0 Å². The van der Waals surface area contributed by atoms with Gasteiger partial charge in [0.2, 0.25) is 0 Å². The van der Waals surface area contributed by atoms with Gasteiger partial charge in [0, 0.05) is 6.20 Å². The first-order valence-corrected chi connectivity index (χ1v) is 4.08. The molecule has 2 rings (SSSR count). The summed E-state index contributed by atoms with van der Waals surface area (Å²) >= 11 is 1.39. The summed E-state index contributed by atoms with van der Waals surface area (Å²) in [6.07, 6.45) is 3.09. The molecule has 0 spiro atoms. The molecule has 0 aromatic carbocycles. The Hall–Kier alpha value is -1.43. The van der Waals surface area contributed by atoms with Gasteiger partial charge >= 0.3 is 0 Å². The quantitative estimate of drug-likeness (QED) is 0.736. The van der Waals surface area contributed by atoms with Gasteiger partial charge < -0.3 is 0 Å². The molecule has 5 nitrogen and oxygen atoms in total. The van der Waals surface area contributed by atoms with Gasteiger partial charge in [-0.2, -0.15) is 10.2 Å². The molecule has 0 saturated carbocycles. The molecule has 0 atom stereocenters. The van der Waals surface area contributed by atoms with Crippen molar-refractivity contribution in [3.63, 3.8) is 0 Å². The summed E-state index contributed by atoms with van der Waals surface area (Å²) in [5.41, 5.74) is 0. The highest BCUT2D eigenvalue weighted by molar-refractivity contribution is 7.99. The molecule has 0 saturated heterocycles. The van der Waals surface area contributed by atoms with E-state index in [1.54, 1.807) is 6.20 Å². The van der Waals surface area contributed by atoms with Gasteiger partial charge in [0.15, 0.2) is 5.16 Å². The highest BCUT2D eigenvalue weighted by Gasteiger charge is 1.99. The molecule has 0 aliphatic heterocycles. The van der Waals surface area contributed by atoms with Crippen LogP contribution in [0.1, 0.15) is 0 Å². The molecule has 1 N–H and O–H groups in total. The molecule has 12 heavy (non-hydrogen) atoms. The van der Waals surface area contributed by atoms with Crippen LogP contribution in [0.5, 0.6) is 0 Å². The molecule has 0 bridgehead atoms. The molecule has 0 amide bonds. The molecule has 0 aliphatic rings. The summed E-state index contributed by atoms with van der Waals surface area (Å²) < 4.78 is 0. The third-order valence-electron chi connectivity index (χ3n) is 1.14. The minimum atomic E-state index is 0.718. The Balaban J connectivity index is 2.15. The van der Waals surface area contributed by atoms with E-state index in [0.29, 0.717) is 0 Å². The van der Waals surface area contributed by atoms with E-state index in [0.717, 1.165) is 10.2 Å². The first-order chi connectivity index (χ1) is 5.95. The number of rotatable bonds is 2.